The normalized spacial score (nSPS) is 12.3. The van der Waals surface area contributed by atoms with E-state index >= 15 is 0 Å². The molecule has 0 heterocycles. The topological polar surface area (TPSA) is 87.7 Å². The molecule has 6 heteroatoms. The van der Waals surface area contributed by atoms with E-state index in [9.17, 15) is 9.59 Å². The van der Waals surface area contributed by atoms with Gasteiger partial charge >= 0.3 is 12.1 Å². The summed E-state index contributed by atoms with van der Waals surface area (Å²) in [7, 11) is 0. The minimum Gasteiger partial charge on any atom is -0.481 e. The molecule has 128 valence electrons. The fourth-order valence-electron chi connectivity index (χ4n) is 1.96. The quantitative estimate of drug-likeness (QED) is 0.716. The van der Waals surface area contributed by atoms with Gasteiger partial charge in [0.25, 0.3) is 0 Å². The van der Waals surface area contributed by atoms with Crippen LogP contribution in [0.25, 0.3) is 0 Å². The van der Waals surface area contributed by atoms with Crippen LogP contribution in [0, 0.1) is 0 Å². The number of ether oxygens (including phenoxy) is 1. The number of benzene rings is 1. The van der Waals surface area contributed by atoms with Gasteiger partial charge in [-0.25, -0.2) is 4.79 Å². The van der Waals surface area contributed by atoms with E-state index in [2.05, 4.69) is 10.6 Å². The first-order valence-electron chi connectivity index (χ1n) is 7.70. The van der Waals surface area contributed by atoms with Crippen molar-refractivity contribution in [1.82, 2.24) is 5.32 Å². The Labute approximate surface area is 137 Å². The smallest absolute Gasteiger partial charge is 0.407 e. The molecular weight excluding hydrogens is 296 g/mol. The molecule has 1 rings (SSSR count). The summed E-state index contributed by atoms with van der Waals surface area (Å²) in [6.45, 7) is 7.75. The SMILES string of the molecule is CC(CCC(=O)O)Nc1cccc(CNC(=O)OC(C)(C)C)c1. The zero-order chi connectivity index (χ0) is 17.5. The van der Waals surface area contributed by atoms with E-state index in [-0.39, 0.29) is 12.5 Å². The van der Waals surface area contributed by atoms with Gasteiger partial charge in [-0.2, -0.15) is 0 Å². The summed E-state index contributed by atoms with van der Waals surface area (Å²) in [6.07, 6.45) is 0.231. The van der Waals surface area contributed by atoms with Crippen LogP contribution < -0.4 is 10.6 Å². The highest BCUT2D eigenvalue weighted by Crippen LogP contribution is 2.14. The van der Waals surface area contributed by atoms with Crippen molar-refractivity contribution in [3.63, 3.8) is 0 Å². The Hall–Kier alpha value is -2.24. The first-order valence-corrected chi connectivity index (χ1v) is 7.70. The molecule has 0 fully saturated rings. The maximum absolute atomic E-state index is 11.6. The van der Waals surface area contributed by atoms with Crippen LogP contribution in [0.15, 0.2) is 24.3 Å². The third-order valence-electron chi connectivity index (χ3n) is 2.97. The predicted octanol–water partition coefficient (Wildman–Crippen LogP) is 3.38. The highest BCUT2D eigenvalue weighted by Gasteiger charge is 2.15. The molecule has 23 heavy (non-hydrogen) atoms. The number of hydrogen-bond acceptors (Lipinski definition) is 4. The van der Waals surface area contributed by atoms with Gasteiger partial charge in [-0.1, -0.05) is 12.1 Å². The molecule has 6 nitrogen and oxygen atoms in total. The number of carboxylic acids is 1. The lowest BCUT2D eigenvalue weighted by Gasteiger charge is -2.20. The molecule has 1 aromatic rings. The summed E-state index contributed by atoms with van der Waals surface area (Å²) < 4.78 is 5.19. The van der Waals surface area contributed by atoms with E-state index < -0.39 is 17.7 Å². The fourth-order valence-corrected chi connectivity index (χ4v) is 1.96. The Bertz CT molecular complexity index is 538. The lowest BCUT2D eigenvalue weighted by Crippen LogP contribution is -2.32. The standard InChI is InChI=1S/C17H26N2O4/c1-12(8-9-15(20)21)19-14-7-5-6-13(10-14)11-18-16(22)23-17(2,3)4/h5-7,10,12,19H,8-9,11H2,1-4H3,(H,18,22)(H,20,21). The molecule has 0 radical (unpaired) electrons. The molecule has 0 aliphatic carbocycles. The summed E-state index contributed by atoms with van der Waals surface area (Å²) in [4.78, 5) is 22.2. The van der Waals surface area contributed by atoms with Crippen molar-refractivity contribution in [3.05, 3.63) is 29.8 Å². The van der Waals surface area contributed by atoms with E-state index in [0.29, 0.717) is 13.0 Å². The van der Waals surface area contributed by atoms with Crippen molar-refractivity contribution in [3.8, 4) is 0 Å². The van der Waals surface area contributed by atoms with Gasteiger partial charge in [0.15, 0.2) is 0 Å². The highest BCUT2D eigenvalue weighted by atomic mass is 16.6. The van der Waals surface area contributed by atoms with Gasteiger partial charge in [0.1, 0.15) is 5.60 Å². The molecular formula is C17H26N2O4. The van der Waals surface area contributed by atoms with Crippen LogP contribution in [0.2, 0.25) is 0 Å². The largest absolute Gasteiger partial charge is 0.481 e. The summed E-state index contributed by atoms with van der Waals surface area (Å²) in [6, 6.07) is 7.69. The number of carboxylic acid groups (broad SMARTS) is 1. The molecule has 0 aromatic heterocycles. The Kier molecular flexibility index (Phi) is 6.88. The van der Waals surface area contributed by atoms with Gasteiger partial charge in [0, 0.05) is 24.7 Å². The van der Waals surface area contributed by atoms with Crippen molar-refractivity contribution in [1.29, 1.82) is 0 Å². The Morgan fingerprint density at radius 2 is 2.00 bits per heavy atom. The van der Waals surface area contributed by atoms with Crippen LogP contribution in [0.3, 0.4) is 0 Å². The number of nitrogens with one attached hydrogen (secondary N) is 2. The van der Waals surface area contributed by atoms with Crippen molar-refractivity contribution >= 4 is 17.7 Å². The third-order valence-corrected chi connectivity index (χ3v) is 2.97. The maximum Gasteiger partial charge on any atom is 0.407 e. The maximum atomic E-state index is 11.6. The molecule has 0 aliphatic rings. The van der Waals surface area contributed by atoms with E-state index in [1.807, 2.05) is 52.0 Å². The summed E-state index contributed by atoms with van der Waals surface area (Å²) in [5.41, 5.74) is 1.31. The average molecular weight is 322 g/mol. The minimum absolute atomic E-state index is 0.0557. The molecule has 0 spiro atoms. The molecule has 0 saturated carbocycles. The first-order chi connectivity index (χ1) is 10.7. The van der Waals surface area contributed by atoms with Gasteiger partial charge in [-0.05, 0) is 51.8 Å². The van der Waals surface area contributed by atoms with Gasteiger partial charge in [0.05, 0.1) is 0 Å². The van der Waals surface area contributed by atoms with Gasteiger partial charge in [0.2, 0.25) is 0 Å². The van der Waals surface area contributed by atoms with Gasteiger partial charge < -0.3 is 20.5 Å². The van der Waals surface area contributed by atoms with Crippen LogP contribution in [0.4, 0.5) is 10.5 Å². The number of amides is 1. The van der Waals surface area contributed by atoms with Crippen molar-refractivity contribution in [2.45, 2.75) is 58.7 Å². The van der Waals surface area contributed by atoms with Crippen LogP contribution in [0.1, 0.15) is 46.1 Å². The molecule has 1 unspecified atom stereocenters. The predicted molar refractivity (Wildman–Crippen MR) is 89.5 cm³/mol. The van der Waals surface area contributed by atoms with Crippen LogP contribution in [-0.2, 0) is 16.1 Å². The number of carbonyl (C=O) groups is 2. The Balaban J connectivity index is 2.50. The minimum atomic E-state index is -0.797. The van der Waals surface area contributed by atoms with Gasteiger partial charge in [-0.3, -0.25) is 4.79 Å². The van der Waals surface area contributed by atoms with Crippen LogP contribution in [0.5, 0.6) is 0 Å². The number of alkyl carbamates (subject to hydrolysis) is 1. The van der Waals surface area contributed by atoms with Crippen molar-refractivity contribution in [2.24, 2.45) is 0 Å². The average Bonchev–Trinajstić information content (AvgIpc) is 2.41. The molecule has 1 amide bonds. The van der Waals surface area contributed by atoms with Gasteiger partial charge in [-0.15, -0.1) is 0 Å². The molecule has 0 bridgehead atoms. The van der Waals surface area contributed by atoms with Crippen molar-refractivity contribution < 1.29 is 19.4 Å². The Morgan fingerprint density at radius 3 is 2.61 bits per heavy atom. The summed E-state index contributed by atoms with van der Waals surface area (Å²) in [5.74, 6) is -0.797. The summed E-state index contributed by atoms with van der Waals surface area (Å²) in [5, 5.41) is 14.7. The second kappa shape index (κ2) is 8.41. The molecule has 3 N–H and O–H groups in total. The van der Waals surface area contributed by atoms with E-state index in [1.54, 1.807) is 0 Å². The van der Waals surface area contributed by atoms with E-state index in [0.717, 1.165) is 11.3 Å². The lowest BCUT2D eigenvalue weighted by atomic mass is 10.1. The number of carbonyl (C=O) groups excluding carboxylic acids is 1. The number of rotatable bonds is 7. The first kappa shape index (κ1) is 18.8. The number of anilines is 1. The number of aliphatic carboxylic acids is 1. The Morgan fingerprint density at radius 1 is 1.30 bits per heavy atom. The third kappa shape index (κ3) is 8.70. The highest BCUT2D eigenvalue weighted by molar-refractivity contribution is 5.68. The fraction of sp³-hybridized carbons (Fsp3) is 0.529. The summed E-state index contributed by atoms with van der Waals surface area (Å²) >= 11 is 0. The molecule has 1 aromatic carbocycles. The monoisotopic (exact) mass is 322 g/mol. The number of hydrogen-bond donors (Lipinski definition) is 3. The van der Waals surface area contributed by atoms with E-state index in [4.69, 9.17) is 9.84 Å². The lowest BCUT2D eigenvalue weighted by molar-refractivity contribution is -0.137. The van der Waals surface area contributed by atoms with E-state index in [1.165, 1.54) is 0 Å². The van der Waals surface area contributed by atoms with Crippen molar-refractivity contribution in [2.75, 3.05) is 5.32 Å². The van der Waals surface area contributed by atoms with Crippen LogP contribution in [-0.4, -0.2) is 28.8 Å². The second-order valence-electron chi connectivity index (χ2n) is 6.53. The zero-order valence-corrected chi connectivity index (χ0v) is 14.2. The zero-order valence-electron chi connectivity index (χ0n) is 14.2. The second-order valence-corrected chi connectivity index (χ2v) is 6.53. The molecule has 0 saturated heterocycles. The molecule has 0 aliphatic heterocycles. The van der Waals surface area contributed by atoms with Crippen LogP contribution >= 0.6 is 0 Å². The molecule has 1 atom stereocenters.